The summed E-state index contributed by atoms with van der Waals surface area (Å²) in [5.41, 5.74) is 1.57. The Morgan fingerprint density at radius 2 is 1.84 bits per heavy atom. The number of pyridine rings is 1. The van der Waals surface area contributed by atoms with Gasteiger partial charge in [0.25, 0.3) is 5.91 Å². The van der Waals surface area contributed by atoms with Crippen molar-refractivity contribution >= 4 is 29.4 Å². The average molecular weight is 356 g/mol. The molecule has 1 heterocycles. The van der Waals surface area contributed by atoms with Crippen LogP contribution in [0.25, 0.3) is 6.08 Å². The lowest BCUT2D eigenvalue weighted by Gasteiger charge is -2.23. The van der Waals surface area contributed by atoms with E-state index in [1.807, 2.05) is 36.4 Å². The minimum atomic E-state index is -0.105. The van der Waals surface area contributed by atoms with E-state index in [-0.39, 0.29) is 11.9 Å². The van der Waals surface area contributed by atoms with E-state index in [2.05, 4.69) is 15.6 Å². The zero-order valence-electron chi connectivity index (χ0n) is 14.0. The number of amides is 1. The van der Waals surface area contributed by atoms with Gasteiger partial charge < -0.3 is 10.6 Å². The molecule has 130 valence electrons. The summed E-state index contributed by atoms with van der Waals surface area (Å²) in [4.78, 5) is 16.9. The number of hydrogen-bond donors (Lipinski definition) is 2. The third kappa shape index (κ3) is 5.07. The monoisotopic (exact) mass is 355 g/mol. The number of aromatic nitrogens is 1. The second kappa shape index (κ2) is 8.67. The van der Waals surface area contributed by atoms with Gasteiger partial charge >= 0.3 is 0 Å². The van der Waals surface area contributed by atoms with Crippen LogP contribution in [0.1, 0.15) is 48.0 Å². The first kappa shape index (κ1) is 17.5. The van der Waals surface area contributed by atoms with Gasteiger partial charge in [0, 0.05) is 12.2 Å². The molecule has 2 N–H and O–H groups in total. The predicted octanol–water partition coefficient (Wildman–Crippen LogP) is 4.88. The lowest BCUT2D eigenvalue weighted by atomic mass is 9.95. The van der Waals surface area contributed by atoms with Crippen molar-refractivity contribution in [3.05, 3.63) is 64.9 Å². The van der Waals surface area contributed by atoms with Gasteiger partial charge in [-0.1, -0.05) is 61.2 Å². The molecule has 0 atom stereocenters. The van der Waals surface area contributed by atoms with Crippen molar-refractivity contribution in [3.63, 3.8) is 0 Å². The van der Waals surface area contributed by atoms with Gasteiger partial charge in [-0.05, 0) is 36.6 Å². The topological polar surface area (TPSA) is 54.0 Å². The molecule has 1 saturated carbocycles. The lowest BCUT2D eigenvalue weighted by molar-refractivity contribution is 0.0928. The summed E-state index contributed by atoms with van der Waals surface area (Å²) in [7, 11) is 0. The number of nitrogens with zero attached hydrogens (tertiary/aromatic N) is 1. The van der Waals surface area contributed by atoms with E-state index in [4.69, 9.17) is 11.6 Å². The van der Waals surface area contributed by atoms with E-state index < -0.39 is 0 Å². The highest BCUT2D eigenvalue weighted by Crippen LogP contribution is 2.20. The predicted molar refractivity (Wildman–Crippen MR) is 103 cm³/mol. The smallest absolute Gasteiger partial charge is 0.255 e. The summed E-state index contributed by atoms with van der Waals surface area (Å²) < 4.78 is 0. The first-order chi connectivity index (χ1) is 12.2. The molecule has 5 heteroatoms. The molecule has 0 radical (unpaired) electrons. The van der Waals surface area contributed by atoms with Gasteiger partial charge in [-0.25, -0.2) is 4.98 Å². The summed E-state index contributed by atoms with van der Waals surface area (Å²) in [6.45, 7) is 0. The molecular formula is C20H22ClN3O. The van der Waals surface area contributed by atoms with Crippen molar-refractivity contribution in [3.8, 4) is 0 Å². The Morgan fingerprint density at radius 3 is 2.60 bits per heavy atom. The third-order valence-electron chi connectivity index (χ3n) is 4.34. The Hall–Kier alpha value is -2.33. The molecule has 0 bridgehead atoms. The van der Waals surface area contributed by atoms with Crippen LogP contribution < -0.4 is 10.6 Å². The van der Waals surface area contributed by atoms with Crippen LogP contribution >= 0.6 is 11.6 Å². The molecule has 25 heavy (non-hydrogen) atoms. The van der Waals surface area contributed by atoms with Crippen LogP contribution in [-0.4, -0.2) is 16.9 Å². The number of nitrogens with one attached hydrogen (secondary N) is 2. The van der Waals surface area contributed by atoms with Gasteiger partial charge in [-0.3, -0.25) is 4.79 Å². The molecule has 1 fully saturated rings. The second-order valence-corrected chi connectivity index (χ2v) is 6.61. The highest BCUT2D eigenvalue weighted by molar-refractivity contribution is 6.29. The SMILES string of the molecule is O=C(NC1CCCCC1)c1ccc(Cl)nc1NC=Cc1ccccc1. The molecule has 0 unspecified atom stereocenters. The maximum absolute atomic E-state index is 12.6. The molecule has 0 saturated heterocycles. The van der Waals surface area contributed by atoms with E-state index in [1.165, 1.54) is 19.3 Å². The maximum atomic E-state index is 12.6. The van der Waals surface area contributed by atoms with Crippen molar-refractivity contribution in [2.75, 3.05) is 5.32 Å². The van der Waals surface area contributed by atoms with Gasteiger partial charge in [0.1, 0.15) is 11.0 Å². The van der Waals surface area contributed by atoms with E-state index in [1.54, 1.807) is 18.3 Å². The quantitative estimate of drug-likeness (QED) is 0.751. The molecular weight excluding hydrogens is 334 g/mol. The molecule has 1 aromatic carbocycles. The third-order valence-corrected chi connectivity index (χ3v) is 4.55. The number of rotatable bonds is 5. The summed E-state index contributed by atoms with van der Waals surface area (Å²) in [6.07, 6.45) is 9.39. The molecule has 1 aromatic heterocycles. The van der Waals surface area contributed by atoms with Crippen LogP contribution in [0.4, 0.5) is 5.82 Å². The summed E-state index contributed by atoms with van der Waals surface area (Å²) in [5.74, 6) is 0.361. The fourth-order valence-corrected chi connectivity index (χ4v) is 3.17. The molecule has 3 rings (SSSR count). The first-order valence-electron chi connectivity index (χ1n) is 8.68. The molecule has 0 spiro atoms. The number of carbonyl (C=O) groups excluding carboxylic acids is 1. The molecule has 0 aliphatic heterocycles. The minimum Gasteiger partial charge on any atom is -0.349 e. The van der Waals surface area contributed by atoms with Crippen molar-refractivity contribution in [2.45, 2.75) is 38.1 Å². The van der Waals surface area contributed by atoms with Crippen molar-refractivity contribution < 1.29 is 4.79 Å². The van der Waals surface area contributed by atoms with Gasteiger partial charge in [0.05, 0.1) is 5.56 Å². The maximum Gasteiger partial charge on any atom is 0.255 e. The standard InChI is InChI=1S/C20H22ClN3O/c21-18-12-11-17(20(25)23-16-9-5-2-6-10-16)19(24-18)22-14-13-15-7-3-1-4-8-15/h1,3-4,7-8,11-14,16H,2,5-6,9-10H2,(H,22,24)(H,23,25). The molecule has 4 nitrogen and oxygen atoms in total. The van der Waals surface area contributed by atoms with Crippen molar-refractivity contribution in [1.82, 2.24) is 10.3 Å². The average Bonchev–Trinajstić information content (AvgIpc) is 2.63. The Kier molecular flexibility index (Phi) is 6.07. The van der Waals surface area contributed by atoms with Crippen molar-refractivity contribution in [2.24, 2.45) is 0 Å². The van der Waals surface area contributed by atoms with Gasteiger partial charge in [-0.2, -0.15) is 0 Å². The zero-order chi connectivity index (χ0) is 17.5. The summed E-state index contributed by atoms with van der Waals surface area (Å²) in [5, 5.41) is 6.55. The summed E-state index contributed by atoms with van der Waals surface area (Å²) in [6, 6.07) is 13.5. The Labute approximate surface area is 153 Å². The van der Waals surface area contributed by atoms with Crippen LogP contribution in [0.15, 0.2) is 48.7 Å². The Bertz CT molecular complexity index is 740. The number of halogens is 1. The fraction of sp³-hybridized carbons (Fsp3) is 0.300. The second-order valence-electron chi connectivity index (χ2n) is 6.23. The molecule has 2 aromatic rings. The zero-order valence-corrected chi connectivity index (χ0v) is 14.8. The van der Waals surface area contributed by atoms with Crippen LogP contribution in [0.2, 0.25) is 5.15 Å². The van der Waals surface area contributed by atoms with Crippen LogP contribution in [-0.2, 0) is 0 Å². The van der Waals surface area contributed by atoms with Gasteiger partial charge in [0.15, 0.2) is 0 Å². The van der Waals surface area contributed by atoms with E-state index >= 15 is 0 Å². The highest BCUT2D eigenvalue weighted by Gasteiger charge is 2.19. The molecule has 1 aliphatic rings. The largest absolute Gasteiger partial charge is 0.349 e. The van der Waals surface area contributed by atoms with E-state index in [0.717, 1.165) is 18.4 Å². The molecule has 1 aliphatic carbocycles. The fourth-order valence-electron chi connectivity index (χ4n) is 3.02. The lowest BCUT2D eigenvalue weighted by Crippen LogP contribution is -2.36. The minimum absolute atomic E-state index is 0.105. The first-order valence-corrected chi connectivity index (χ1v) is 9.06. The Morgan fingerprint density at radius 1 is 1.08 bits per heavy atom. The van der Waals surface area contributed by atoms with Crippen LogP contribution in [0.5, 0.6) is 0 Å². The van der Waals surface area contributed by atoms with E-state index in [9.17, 15) is 4.79 Å². The van der Waals surface area contributed by atoms with Gasteiger partial charge in [-0.15, -0.1) is 0 Å². The normalized spacial score (nSPS) is 15.2. The van der Waals surface area contributed by atoms with Crippen LogP contribution in [0.3, 0.4) is 0 Å². The number of anilines is 1. The van der Waals surface area contributed by atoms with E-state index in [0.29, 0.717) is 16.5 Å². The van der Waals surface area contributed by atoms with Gasteiger partial charge in [0.2, 0.25) is 0 Å². The molecule has 1 amide bonds. The number of hydrogen-bond acceptors (Lipinski definition) is 3. The van der Waals surface area contributed by atoms with Crippen molar-refractivity contribution in [1.29, 1.82) is 0 Å². The Balaban J connectivity index is 1.71. The number of carbonyl (C=O) groups is 1. The summed E-state index contributed by atoms with van der Waals surface area (Å²) >= 11 is 6.00. The van der Waals surface area contributed by atoms with Crippen LogP contribution in [0, 0.1) is 0 Å². The number of benzene rings is 1. The highest BCUT2D eigenvalue weighted by atomic mass is 35.5.